The van der Waals surface area contributed by atoms with E-state index in [2.05, 4.69) is 31.2 Å². The summed E-state index contributed by atoms with van der Waals surface area (Å²) in [6, 6.07) is 5.96. The number of nitrogens with zero attached hydrogens (tertiary/aromatic N) is 2. The van der Waals surface area contributed by atoms with E-state index in [0.717, 1.165) is 30.2 Å². The summed E-state index contributed by atoms with van der Waals surface area (Å²) >= 11 is 6.04. The minimum absolute atomic E-state index is 0.318. The van der Waals surface area contributed by atoms with Crippen molar-refractivity contribution in [3.63, 3.8) is 0 Å². The molecule has 0 saturated heterocycles. The highest BCUT2D eigenvalue weighted by Crippen LogP contribution is 2.28. The highest BCUT2D eigenvalue weighted by Gasteiger charge is 2.08. The number of nitrogens with one attached hydrogen (secondary N) is 1. The van der Waals surface area contributed by atoms with Crippen LogP contribution in [0.5, 0.6) is 11.5 Å². The maximum atomic E-state index is 6.04. The zero-order valence-corrected chi connectivity index (χ0v) is 12.8. The van der Waals surface area contributed by atoms with Gasteiger partial charge in [0.25, 0.3) is 0 Å². The first-order valence-electron chi connectivity index (χ1n) is 6.81. The van der Waals surface area contributed by atoms with Crippen molar-refractivity contribution < 1.29 is 4.74 Å². The predicted molar refractivity (Wildman–Crippen MR) is 81.5 cm³/mol. The average Bonchev–Trinajstić information content (AvgIpc) is 2.88. The van der Waals surface area contributed by atoms with E-state index < -0.39 is 0 Å². The van der Waals surface area contributed by atoms with Gasteiger partial charge in [-0.05, 0) is 38.6 Å². The Balaban J connectivity index is 2.18. The molecule has 2 rings (SSSR count). The number of aromatic nitrogens is 2. The van der Waals surface area contributed by atoms with Crippen LogP contribution in [-0.4, -0.2) is 16.3 Å². The van der Waals surface area contributed by atoms with Gasteiger partial charge < -0.3 is 10.1 Å². The van der Waals surface area contributed by atoms with E-state index in [1.165, 1.54) is 0 Å². The monoisotopic (exact) mass is 293 g/mol. The Morgan fingerprint density at radius 1 is 1.40 bits per heavy atom. The molecule has 0 bridgehead atoms. The molecule has 0 atom stereocenters. The van der Waals surface area contributed by atoms with Crippen LogP contribution in [0.2, 0.25) is 5.02 Å². The van der Waals surface area contributed by atoms with Crippen LogP contribution in [0.25, 0.3) is 0 Å². The smallest absolute Gasteiger partial charge is 0.165 e. The van der Waals surface area contributed by atoms with Gasteiger partial charge in [-0.15, -0.1) is 0 Å². The van der Waals surface area contributed by atoms with E-state index in [0.29, 0.717) is 11.1 Å². The lowest BCUT2D eigenvalue weighted by atomic mass is 10.2. The standard InChI is InChI=1S/C15H20ClN3O/c1-4-17-8-12-7-13(16)5-6-15(12)20-14-9-18-19(10-14)11(2)3/h5-7,9-11,17H,4,8H2,1-3H3. The van der Waals surface area contributed by atoms with Gasteiger partial charge in [-0.25, -0.2) is 0 Å². The molecule has 5 heteroatoms. The molecule has 1 aromatic heterocycles. The van der Waals surface area contributed by atoms with Gasteiger partial charge in [0.2, 0.25) is 0 Å². The van der Waals surface area contributed by atoms with E-state index in [-0.39, 0.29) is 0 Å². The molecule has 0 radical (unpaired) electrons. The third-order valence-corrected chi connectivity index (χ3v) is 3.16. The Morgan fingerprint density at radius 2 is 2.20 bits per heavy atom. The van der Waals surface area contributed by atoms with Crippen molar-refractivity contribution >= 4 is 11.6 Å². The van der Waals surface area contributed by atoms with Crippen LogP contribution in [0, 0.1) is 0 Å². The highest BCUT2D eigenvalue weighted by molar-refractivity contribution is 6.30. The molecule has 20 heavy (non-hydrogen) atoms. The molecule has 2 aromatic rings. The number of benzene rings is 1. The van der Waals surface area contributed by atoms with Crippen molar-refractivity contribution in [3.05, 3.63) is 41.2 Å². The van der Waals surface area contributed by atoms with Crippen molar-refractivity contribution in [2.75, 3.05) is 6.54 Å². The minimum Gasteiger partial charge on any atom is -0.454 e. The number of halogens is 1. The molecule has 0 aliphatic heterocycles. The number of hydrogen-bond donors (Lipinski definition) is 1. The fourth-order valence-corrected chi connectivity index (χ4v) is 2.02. The van der Waals surface area contributed by atoms with Gasteiger partial charge in [0, 0.05) is 23.2 Å². The molecule has 0 unspecified atom stereocenters. The third-order valence-electron chi connectivity index (χ3n) is 2.92. The minimum atomic E-state index is 0.318. The first kappa shape index (κ1) is 14.9. The van der Waals surface area contributed by atoms with Gasteiger partial charge in [0.1, 0.15) is 5.75 Å². The zero-order valence-electron chi connectivity index (χ0n) is 12.1. The molecule has 108 valence electrons. The van der Waals surface area contributed by atoms with Crippen molar-refractivity contribution in [2.45, 2.75) is 33.4 Å². The fourth-order valence-electron chi connectivity index (χ4n) is 1.83. The molecule has 1 aromatic carbocycles. The first-order chi connectivity index (χ1) is 9.60. The van der Waals surface area contributed by atoms with Gasteiger partial charge >= 0.3 is 0 Å². The summed E-state index contributed by atoms with van der Waals surface area (Å²) in [7, 11) is 0. The van der Waals surface area contributed by atoms with Gasteiger partial charge in [0.15, 0.2) is 5.75 Å². The molecule has 0 aliphatic carbocycles. The van der Waals surface area contributed by atoms with Crippen LogP contribution in [0.1, 0.15) is 32.4 Å². The number of ether oxygens (including phenoxy) is 1. The van der Waals surface area contributed by atoms with Gasteiger partial charge in [0.05, 0.1) is 12.4 Å². The molecule has 4 nitrogen and oxygen atoms in total. The normalized spacial score (nSPS) is 11.1. The Morgan fingerprint density at radius 3 is 2.85 bits per heavy atom. The molecule has 1 heterocycles. The zero-order chi connectivity index (χ0) is 14.5. The summed E-state index contributed by atoms with van der Waals surface area (Å²) in [5, 5.41) is 8.26. The third kappa shape index (κ3) is 3.74. The van der Waals surface area contributed by atoms with Crippen molar-refractivity contribution in [1.29, 1.82) is 0 Å². The second-order valence-electron chi connectivity index (χ2n) is 4.88. The lowest BCUT2D eigenvalue weighted by Crippen LogP contribution is -2.12. The molecule has 0 spiro atoms. The van der Waals surface area contributed by atoms with Crippen molar-refractivity contribution in [1.82, 2.24) is 15.1 Å². The maximum absolute atomic E-state index is 6.04. The fraction of sp³-hybridized carbons (Fsp3) is 0.400. The summed E-state index contributed by atoms with van der Waals surface area (Å²) < 4.78 is 7.78. The summed E-state index contributed by atoms with van der Waals surface area (Å²) in [6.45, 7) is 7.85. The van der Waals surface area contributed by atoms with Crippen LogP contribution in [0.3, 0.4) is 0 Å². The quantitative estimate of drug-likeness (QED) is 0.874. The van der Waals surface area contributed by atoms with E-state index >= 15 is 0 Å². The van der Waals surface area contributed by atoms with E-state index in [4.69, 9.17) is 16.3 Å². The molecular formula is C15H20ClN3O. The highest BCUT2D eigenvalue weighted by atomic mass is 35.5. The lowest BCUT2D eigenvalue weighted by molar-refractivity contribution is 0.468. The number of rotatable bonds is 6. The Hall–Kier alpha value is -1.52. The van der Waals surface area contributed by atoms with Crippen LogP contribution in [-0.2, 0) is 6.54 Å². The van der Waals surface area contributed by atoms with Crippen LogP contribution < -0.4 is 10.1 Å². The number of hydrogen-bond acceptors (Lipinski definition) is 3. The van der Waals surface area contributed by atoms with Gasteiger partial charge in [-0.1, -0.05) is 18.5 Å². The molecule has 0 saturated carbocycles. The Bertz CT molecular complexity index is 566. The Labute approximate surface area is 124 Å². The lowest BCUT2D eigenvalue weighted by Gasteiger charge is -2.11. The van der Waals surface area contributed by atoms with Gasteiger partial charge in [-0.3, -0.25) is 4.68 Å². The van der Waals surface area contributed by atoms with Crippen molar-refractivity contribution in [2.24, 2.45) is 0 Å². The molecule has 1 N–H and O–H groups in total. The van der Waals surface area contributed by atoms with E-state index in [1.807, 2.05) is 29.1 Å². The second kappa shape index (κ2) is 6.77. The Kier molecular flexibility index (Phi) is 5.04. The average molecular weight is 294 g/mol. The molecule has 0 aliphatic rings. The molecule has 0 amide bonds. The summed E-state index contributed by atoms with van der Waals surface area (Å²) in [4.78, 5) is 0. The topological polar surface area (TPSA) is 39.1 Å². The van der Waals surface area contributed by atoms with Crippen molar-refractivity contribution in [3.8, 4) is 11.5 Å². The summed E-state index contributed by atoms with van der Waals surface area (Å²) in [6.07, 6.45) is 3.63. The van der Waals surface area contributed by atoms with Crippen LogP contribution >= 0.6 is 11.6 Å². The predicted octanol–water partition coefficient (Wildman–Crippen LogP) is 4.02. The summed E-state index contributed by atoms with van der Waals surface area (Å²) in [5.41, 5.74) is 1.04. The molecule has 0 fully saturated rings. The first-order valence-corrected chi connectivity index (χ1v) is 7.19. The van der Waals surface area contributed by atoms with Crippen LogP contribution in [0.15, 0.2) is 30.6 Å². The SMILES string of the molecule is CCNCc1cc(Cl)ccc1Oc1cnn(C(C)C)c1. The summed E-state index contributed by atoms with van der Waals surface area (Å²) in [5.74, 6) is 1.54. The second-order valence-corrected chi connectivity index (χ2v) is 5.32. The van der Waals surface area contributed by atoms with E-state index in [1.54, 1.807) is 6.20 Å². The van der Waals surface area contributed by atoms with E-state index in [9.17, 15) is 0 Å². The largest absolute Gasteiger partial charge is 0.454 e. The van der Waals surface area contributed by atoms with Crippen LogP contribution in [0.4, 0.5) is 0 Å². The van der Waals surface area contributed by atoms with Gasteiger partial charge in [-0.2, -0.15) is 5.10 Å². The maximum Gasteiger partial charge on any atom is 0.165 e. The molecular weight excluding hydrogens is 274 g/mol.